The molecule has 2 atom stereocenters. The largest absolute Gasteiger partial charge is 0.480 e. The van der Waals surface area contributed by atoms with Gasteiger partial charge in [-0.2, -0.15) is 0 Å². The van der Waals surface area contributed by atoms with Crippen molar-refractivity contribution in [2.75, 3.05) is 13.1 Å². The number of carbonyl (C=O) groups is 3. The third-order valence-electron chi connectivity index (χ3n) is 5.66. The van der Waals surface area contributed by atoms with Gasteiger partial charge < -0.3 is 10.8 Å². The number of aliphatic carboxylic acids is 1. The normalized spacial score (nSPS) is 16.8. The van der Waals surface area contributed by atoms with Crippen molar-refractivity contribution in [3.63, 3.8) is 0 Å². The summed E-state index contributed by atoms with van der Waals surface area (Å²) in [5.41, 5.74) is 7.98. The SMILES string of the molecule is N=C(N)c1ccc(CN2CCC[C@H]2C(=O)NC(=O)[C@@H](Cc2ccccc2)NCC(=O)O)cc1. The van der Waals surface area contributed by atoms with Crippen molar-refractivity contribution in [1.82, 2.24) is 15.5 Å². The fraction of sp³-hybridized carbons (Fsp3) is 0.333. The standard InChI is InChI=1S/C24H29N5O4/c25-22(26)18-10-8-17(9-11-18)15-29-12-4-7-20(29)24(33)28-23(32)19(27-14-21(30)31)13-16-5-2-1-3-6-16/h1-3,5-6,8-11,19-20,27H,4,7,12-15H2,(H3,25,26)(H,30,31)(H,28,32,33)/t19-,20+/m1/s1. The lowest BCUT2D eigenvalue weighted by atomic mass is 10.0. The number of nitrogen functional groups attached to an aromatic ring is 1. The number of benzene rings is 2. The third kappa shape index (κ3) is 6.96. The van der Waals surface area contributed by atoms with Crippen molar-refractivity contribution in [2.45, 2.75) is 37.9 Å². The Kier molecular flexibility index (Phi) is 8.28. The highest BCUT2D eigenvalue weighted by atomic mass is 16.4. The Morgan fingerprint density at radius 1 is 1.09 bits per heavy atom. The highest BCUT2D eigenvalue weighted by molar-refractivity contribution is 6.00. The number of nitrogens with one attached hydrogen (secondary N) is 3. The molecule has 9 heteroatoms. The Morgan fingerprint density at radius 3 is 2.42 bits per heavy atom. The van der Waals surface area contributed by atoms with Crippen molar-refractivity contribution < 1.29 is 19.5 Å². The second kappa shape index (κ2) is 11.3. The van der Waals surface area contributed by atoms with Crippen molar-refractivity contribution in [2.24, 2.45) is 5.73 Å². The summed E-state index contributed by atoms with van der Waals surface area (Å²) < 4.78 is 0. The average Bonchev–Trinajstić information content (AvgIpc) is 3.25. The molecular weight excluding hydrogens is 422 g/mol. The van der Waals surface area contributed by atoms with E-state index in [1.54, 1.807) is 12.1 Å². The molecule has 1 aliphatic heterocycles. The minimum absolute atomic E-state index is 0.0000496. The fourth-order valence-corrected chi connectivity index (χ4v) is 3.95. The van der Waals surface area contributed by atoms with E-state index >= 15 is 0 Å². The van der Waals surface area contributed by atoms with Crippen molar-refractivity contribution in [1.29, 1.82) is 5.41 Å². The van der Waals surface area contributed by atoms with Gasteiger partial charge in [0.2, 0.25) is 11.8 Å². The van der Waals surface area contributed by atoms with Crippen LogP contribution < -0.4 is 16.4 Å². The summed E-state index contributed by atoms with van der Waals surface area (Å²) in [7, 11) is 0. The summed E-state index contributed by atoms with van der Waals surface area (Å²) in [5.74, 6) is -2.00. The lowest BCUT2D eigenvalue weighted by Gasteiger charge is -2.25. The number of likely N-dealkylation sites (tertiary alicyclic amines) is 1. The number of imide groups is 1. The lowest BCUT2D eigenvalue weighted by Crippen LogP contribution is -2.52. The number of hydrogen-bond acceptors (Lipinski definition) is 6. The molecule has 1 saturated heterocycles. The van der Waals surface area contributed by atoms with E-state index in [-0.39, 0.29) is 24.7 Å². The van der Waals surface area contributed by atoms with Crippen LogP contribution in [-0.2, 0) is 27.3 Å². The molecule has 1 aliphatic rings. The molecule has 2 amide bonds. The minimum atomic E-state index is -1.08. The molecule has 2 aromatic carbocycles. The fourth-order valence-electron chi connectivity index (χ4n) is 3.95. The first-order valence-electron chi connectivity index (χ1n) is 10.8. The van der Waals surface area contributed by atoms with Crippen molar-refractivity contribution >= 4 is 23.6 Å². The second-order valence-corrected chi connectivity index (χ2v) is 8.11. The van der Waals surface area contributed by atoms with Gasteiger partial charge in [-0.3, -0.25) is 35.3 Å². The van der Waals surface area contributed by atoms with Crippen LogP contribution in [0.5, 0.6) is 0 Å². The summed E-state index contributed by atoms with van der Waals surface area (Å²) in [4.78, 5) is 38.8. The number of nitrogens with two attached hydrogens (primary N) is 1. The van der Waals surface area contributed by atoms with Crippen molar-refractivity contribution in [3.05, 3.63) is 71.3 Å². The molecule has 0 spiro atoms. The van der Waals surface area contributed by atoms with E-state index < -0.39 is 24.0 Å². The van der Waals surface area contributed by atoms with Gasteiger partial charge in [-0.15, -0.1) is 0 Å². The van der Waals surface area contributed by atoms with E-state index in [1.165, 1.54) is 0 Å². The van der Waals surface area contributed by atoms with Crippen molar-refractivity contribution in [3.8, 4) is 0 Å². The number of carboxylic acid groups (broad SMARTS) is 1. The van der Waals surface area contributed by atoms with E-state index in [1.807, 2.05) is 47.4 Å². The average molecular weight is 452 g/mol. The zero-order valence-corrected chi connectivity index (χ0v) is 18.3. The molecule has 0 aliphatic carbocycles. The molecule has 0 aromatic heterocycles. The number of carbonyl (C=O) groups excluding carboxylic acids is 2. The van der Waals surface area contributed by atoms with Crippen LogP contribution in [0.3, 0.4) is 0 Å². The predicted molar refractivity (Wildman–Crippen MR) is 124 cm³/mol. The predicted octanol–water partition coefficient (Wildman–Crippen LogP) is 0.863. The number of hydrogen-bond donors (Lipinski definition) is 5. The molecule has 2 aromatic rings. The Bertz CT molecular complexity index is 994. The number of nitrogens with zero attached hydrogens (tertiary/aromatic N) is 1. The van der Waals surface area contributed by atoms with Gasteiger partial charge in [0.05, 0.1) is 18.6 Å². The van der Waals surface area contributed by atoms with Gasteiger partial charge in [-0.05, 0) is 36.9 Å². The Balaban J connectivity index is 1.63. The van der Waals surface area contributed by atoms with Gasteiger partial charge in [-0.1, -0.05) is 54.6 Å². The number of rotatable bonds is 10. The maximum atomic E-state index is 12.9. The van der Waals surface area contributed by atoms with Crippen LogP contribution >= 0.6 is 0 Å². The molecule has 1 fully saturated rings. The molecule has 0 unspecified atom stereocenters. The zero-order chi connectivity index (χ0) is 23.8. The van der Waals surface area contributed by atoms with Gasteiger partial charge in [0, 0.05) is 12.1 Å². The minimum Gasteiger partial charge on any atom is -0.480 e. The third-order valence-corrected chi connectivity index (χ3v) is 5.66. The van der Waals surface area contributed by atoms with Crippen LogP contribution in [0.2, 0.25) is 0 Å². The van der Waals surface area contributed by atoms with Gasteiger partial charge in [0.15, 0.2) is 0 Å². The van der Waals surface area contributed by atoms with Crippen LogP contribution in [0.1, 0.15) is 29.5 Å². The van der Waals surface area contributed by atoms with Gasteiger partial charge >= 0.3 is 5.97 Å². The quantitative estimate of drug-likeness (QED) is 0.266. The zero-order valence-electron chi connectivity index (χ0n) is 18.3. The molecule has 33 heavy (non-hydrogen) atoms. The topological polar surface area (TPSA) is 149 Å². The van der Waals surface area contributed by atoms with Crippen LogP contribution in [0.25, 0.3) is 0 Å². The van der Waals surface area contributed by atoms with E-state index in [2.05, 4.69) is 10.6 Å². The summed E-state index contributed by atoms with van der Waals surface area (Å²) in [5, 5.41) is 21.7. The molecule has 0 radical (unpaired) electrons. The molecule has 9 nitrogen and oxygen atoms in total. The molecule has 1 heterocycles. The maximum absolute atomic E-state index is 12.9. The summed E-state index contributed by atoms with van der Waals surface area (Å²) >= 11 is 0. The van der Waals surface area contributed by atoms with Crippen LogP contribution in [-0.4, -0.2) is 58.8 Å². The van der Waals surface area contributed by atoms with E-state index in [4.69, 9.17) is 16.2 Å². The maximum Gasteiger partial charge on any atom is 0.317 e. The first-order chi connectivity index (χ1) is 15.8. The molecule has 174 valence electrons. The van der Waals surface area contributed by atoms with Gasteiger partial charge in [0.25, 0.3) is 0 Å². The van der Waals surface area contributed by atoms with Crippen LogP contribution in [0, 0.1) is 5.41 Å². The van der Waals surface area contributed by atoms with E-state index in [0.29, 0.717) is 18.5 Å². The van der Waals surface area contributed by atoms with E-state index in [9.17, 15) is 14.4 Å². The van der Waals surface area contributed by atoms with Crippen LogP contribution in [0.15, 0.2) is 54.6 Å². The Hall–Kier alpha value is -3.56. The summed E-state index contributed by atoms with van der Waals surface area (Å²) in [6.07, 6.45) is 1.74. The monoisotopic (exact) mass is 451 g/mol. The summed E-state index contributed by atoms with van der Waals surface area (Å²) in [6, 6.07) is 15.2. The Morgan fingerprint density at radius 2 is 1.79 bits per heavy atom. The van der Waals surface area contributed by atoms with Gasteiger partial charge in [-0.25, -0.2) is 0 Å². The lowest BCUT2D eigenvalue weighted by molar-refractivity contribution is -0.136. The molecule has 0 saturated carbocycles. The number of amidine groups is 1. The number of amides is 2. The first kappa shape index (κ1) is 24.1. The van der Waals surface area contributed by atoms with Crippen LogP contribution in [0.4, 0.5) is 0 Å². The second-order valence-electron chi connectivity index (χ2n) is 8.11. The highest BCUT2D eigenvalue weighted by Gasteiger charge is 2.33. The van der Waals surface area contributed by atoms with Gasteiger partial charge in [0.1, 0.15) is 5.84 Å². The smallest absolute Gasteiger partial charge is 0.317 e. The molecule has 6 N–H and O–H groups in total. The number of carboxylic acids is 1. The highest BCUT2D eigenvalue weighted by Crippen LogP contribution is 2.20. The summed E-state index contributed by atoms with van der Waals surface area (Å²) in [6.45, 7) is 0.880. The molecule has 3 rings (SSSR count). The Labute approximate surface area is 192 Å². The van der Waals surface area contributed by atoms with E-state index in [0.717, 1.165) is 24.1 Å². The molecule has 0 bridgehead atoms. The first-order valence-corrected chi connectivity index (χ1v) is 10.8. The molecular formula is C24H29N5O4.